The summed E-state index contributed by atoms with van der Waals surface area (Å²) in [6, 6.07) is 0. The zero-order chi connectivity index (χ0) is 38.3. The Morgan fingerprint density at radius 1 is 0.700 bits per heavy atom. The van der Waals surface area contributed by atoms with Crippen molar-refractivity contribution in [3.63, 3.8) is 0 Å². The zero-order valence-corrected chi connectivity index (χ0v) is 28.8. The fraction of sp³-hybridized carbons (Fsp3) is 0.636. The third-order valence-electron chi connectivity index (χ3n) is 7.26. The van der Waals surface area contributed by atoms with E-state index in [1.165, 1.54) is 31.9 Å². The van der Waals surface area contributed by atoms with Gasteiger partial charge in [0.2, 0.25) is 0 Å². The monoisotopic (exact) mass is 781 g/mol. The summed E-state index contributed by atoms with van der Waals surface area (Å²) < 4.78 is 58.1. The molecule has 50 heavy (non-hydrogen) atoms. The van der Waals surface area contributed by atoms with Crippen molar-refractivity contribution in [2.75, 3.05) is 13.2 Å². The van der Waals surface area contributed by atoms with E-state index in [-0.39, 0.29) is 11.1 Å². The molecule has 25 nitrogen and oxygen atoms in total. The summed E-state index contributed by atoms with van der Waals surface area (Å²) in [6.45, 7) is -1.61. The predicted octanol–water partition coefficient (Wildman–Crippen LogP) is -7.07. The van der Waals surface area contributed by atoms with Gasteiger partial charge in [-0.25, -0.2) is 18.2 Å². The highest BCUT2D eigenvalue weighted by atomic mass is 31.3. The smallest absolute Gasteiger partial charge is 0.330 e. The average molecular weight is 781 g/mol. The van der Waals surface area contributed by atoms with Crippen LogP contribution in [0.3, 0.4) is 0 Å². The van der Waals surface area contributed by atoms with E-state index in [9.17, 15) is 68.0 Å². The lowest BCUT2D eigenvalue weighted by Crippen LogP contribution is -2.40. The first-order valence-corrected chi connectivity index (χ1v) is 18.1. The van der Waals surface area contributed by atoms with Gasteiger partial charge in [0.25, 0.3) is 34.6 Å². The lowest BCUT2D eigenvalue weighted by atomic mass is 10.0. The Labute approximate surface area is 278 Å². The third kappa shape index (κ3) is 9.47. The molecule has 0 radical (unpaired) electrons. The van der Waals surface area contributed by atoms with Gasteiger partial charge in [0.05, 0.1) is 24.3 Å². The van der Waals surface area contributed by atoms with Crippen molar-refractivity contribution in [3.8, 4) is 0 Å². The highest BCUT2D eigenvalue weighted by molar-refractivity contribution is 7.65. The number of aliphatic hydroxyl groups excluding tert-OH is 5. The molecule has 2 aromatic heterocycles. The molecule has 0 spiro atoms. The molecule has 284 valence electrons. The van der Waals surface area contributed by atoms with Gasteiger partial charge in [0.1, 0.15) is 48.8 Å². The number of aromatic nitrogens is 4. The van der Waals surface area contributed by atoms with Crippen LogP contribution in [0.1, 0.15) is 23.3 Å². The molecule has 2 fully saturated rings. The largest absolute Gasteiger partial charge is 0.756 e. The van der Waals surface area contributed by atoms with Crippen molar-refractivity contribution in [1.29, 1.82) is 0 Å². The van der Waals surface area contributed by atoms with Gasteiger partial charge < -0.3 is 68.2 Å². The molecule has 0 saturated carbocycles. The van der Waals surface area contributed by atoms with Crippen LogP contribution in [0.25, 0.3) is 0 Å². The fourth-order valence-electron chi connectivity index (χ4n) is 4.81. The molecule has 2 saturated heterocycles. The Morgan fingerprint density at radius 3 is 1.48 bits per heavy atom. The fourth-order valence-corrected chi connectivity index (χ4v) is 7.71. The average Bonchev–Trinajstić information content (AvgIpc) is 3.45. The molecule has 0 amide bonds. The number of ether oxygens (including phenoxy) is 2. The number of rotatable bonds is 10. The molecule has 11 atom stereocenters. The number of phosphoric ester groups is 1. The number of aryl methyl sites for hydroxylation is 2. The summed E-state index contributed by atoms with van der Waals surface area (Å²) in [6.07, 6.45) is -9.10. The van der Waals surface area contributed by atoms with Crippen LogP contribution in [0.4, 0.5) is 0 Å². The predicted molar refractivity (Wildman–Crippen MR) is 153 cm³/mol. The second-order valence-electron chi connectivity index (χ2n) is 10.8. The second-order valence-corrected chi connectivity index (χ2v) is 15.1. The number of aliphatic hydroxyl groups is 5. The van der Waals surface area contributed by atoms with E-state index in [0.717, 1.165) is 22.4 Å². The minimum Gasteiger partial charge on any atom is -0.756 e. The first-order valence-electron chi connectivity index (χ1n) is 13.7. The summed E-state index contributed by atoms with van der Waals surface area (Å²) in [4.78, 5) is 89.0. The zero-order valence-electron chi connectivity index (χ0n) is 26.1. The van der Waals surface area contributed by atoms with Crippen molar-refractivity contribution in [2.45, 2.75) is 48.8 Å². The van der Waals surface area contributed by atoms with Crippen LogP contribution in [0.2, 0.25) is 0 Å². The van der Waals surface area contributed by atoms with Crippen molar-refractivity contribution in [2.24, 2.45) is 28.2 Å². The number of phosphoric acid groups is 3. The van der Waals surface area contributed by atoms with Gasteiger partial charge >= 0.3 is 11.4 Å². The molecule has 2 aliphatic heterocycles. The Kier molecular flexibility index (Phi) is 13.1. The minimum atomic E-state index is -6.11. The maximum absolute atomic E-state index is 12.3. The van der Waals surface area contributed by atoms with E-state index in [4.69, 9.17) is 19.5 Å². The van der Waals surface area contributed by atoms with Gasteiger partial charge in [-0.2, -0.15) is 0 Å². The Morgan fingerprint density at radius 2 is 1.10 bits per heavy atom. The number of hydrogen-bond donors (Lipinski definition) is 6. The van der Waals surface area contributed by atoms with Crippen molar-refractivity contribution >= 4 is 23.5 Å². The molecule has 5 unspecified atom stereocenters. The molecule has 0 aromatic carbocycles. The second kappa shape index (κ2) is 15.6. The van der Waals surface area contributed by atoms with Gasteiger partial charge in [-0.3, -0.25) is 32.4 Å². The summed E-state index contributed by atoms with van der Waals surface area (Å²) in [5.74, 6) is 0. The van der Waals surface area contributed by atoms with E-state index in [1.54, 1.807) is 0 Å². The summed E-state index contributed by atoms with van der Waals surface area (Å²) in [5, 5.41) is 48.7. The minimum absolute atomic E-state index is 0.0621. The quantitative estimate of drug-likeness (QED) is 0.122. The molecule has 0 bridgehead atoms. The van der Waals surface area contributed by atoms with E-state index >= 15 is 0 Å². The molecular weight excluding hydrogens is 749 g/mol. The molecule has 2 aromatic rings. The van der Waals surface area contributed by atoms with Crippen LogP contribution in [-0.2, 0) is 64.5 Å². The van der Waals surface area contributed by atoms with Gasteiger partial charge in [0.15, 0.2) is 0 Å². The Hall–Kier alpha value is -2.51. The number of hydrogen-bond acceptors (Lipinski definition) is 20. The maximum Gasteiger partial charge on any atom is 0.330 e. The van der Waals surface area contributed by atoms with Crippen LogP contribution >= 0.6 is 23.5 Å². The van der Waals surface area contributed by atoms with Crippen LogP contribution in [-0.4, -0.2) is 98.5 Å². The summed E-state index contributed by atoms with van der Waals surface area (Å²) in [5.41, 5.74) is -2.85. The van der Waals surface area contributed by atoms with E-state index in [1.807, 2.05) is 0 Å². The molecule has 0 aliphatic carbocycles. The molecular formula is C22H32N4O21P3-3. The maximum atomic E-state index is 12.3. The van der Waals surface area contributed by atoms with E-state index < -0.39 is 108 Å². The first kappa shape index (κ1) is 41.9. The lowest BCUT2D eigenvalue weighted by Gasteiger charge is -2.33. The lowest BCUT2D eigenvalue weighted by molar-refractivity contribution is -0.250. The summed E-state index contributed by atoms with van der Waals surface area (Å²) >= 11 is 0. The molecule has 4 heterocycles. The highest BCUT2D eigenvalue weighted by Gasteiger charge is 2.46. The van der Waals surface area contributed by atoms with Crippen LogP contribution in [0.15, 0.2) is 31.6 Å². The van der Waals surface area contributed by atoms with Gasteiger partial charge in [-0.05, 0) is 0 Å². The van der Waals surface area contributed by atoms with Crippen molar-refractivity contribution in [1.82, 2.24) is 18.3 Å². The standard InChI is InChI=1S/C11H19N2O15P3.C11H16N2O6/c1-12-3-5(10(16)13(2)11(12)17)9-8(15)7(14)6(26-9)4-25-30(21,22)28-31(23,24)27-29(18,19)20;1-12-3-5(10(17)13(2)11(12)18)9-8(16)7(15)6(4-14)19-9/h3,6-9,14-15H,4H2,1-2H3,(H,21,22)(H,23,24)(H2,18,19,20);3,6-9,14-16H,4H2,1-2H3/p-3/t2*6-,7?,8+,9+/m11/s1. The molecule has 4 rings (SSSR count). The van der Waals surface area contributed by atoms with Crippen LogP contribution in [0, 0.1) is 0 Å². The summed E-state index contributed by atoms with van der Waals surface area (Å²) in [7, 11) is -12.6. The van der Waals surface area contributed by atoms with E-state index in [2.05, 4.69) is 13.1 Å². The SMILES string of the molecule is Cn1cc([C@@H]2O[C@H](CO)C(O)[C@@H]2O)c(=O)n(C)c1=O.Cn1cc([C@@H]2O[C@H](COP(=O)([O-])OP(=O)([O-])OP(=O)([O-])O)C(O)[C@@H]2O)c(=O)n(C)c1=O. The van der Waals surface area contributed by atoms with E-state index in [0.29, 0.717) is 4.57 Å². The first-order chi connectivity index (χ1) is 22.8. The van der Waals surface area contributed by atoms with Crippen LogP contribution < -0.4 is 37.2 Å². The normalized spacial score (nSPS) is 30.2. The van der Waals surface area contributed by atoms with Gasteiger partial charge in [0, 0.05) is 40.6 Å². The van der Waals surface area contributed by atoms with Gasteiger partial charge in [-0.15, -0.1) is 0 Å². The number of nitrogens with zero attached hydrogens (tertiary/aromatic N) is 4. The Bertz CT molecular complexity index is 1950. The molecule has 28 heteroatoms. The topological polar surface area (TPSA) is 376 Å². The van der Waals surface area contributed by atoms with Crippen LogP contribution in [0.5, 0.6) is 0 Å². The Balaban J connectivity index is 0.000000303. The molecule has 2 aliphatic rings. The van der Waals surface area contributed by atoms with Crippen molar-refractivity contribution < 1.29 is 81.4 Å². The molecule has 6 N–H and O–H groups in total. The highest BCUT2D eigenvalue weighted by Crippen LogP contribution is 2.61. The third-order valence-corrected chi connectivity index (χ3v) is 11.0. The van der Waals surface area contributed by atoms with Crippen molar-refractivity contribution in [3.05, 3.63) is 65.2 Å². The van der Waals surface area contributed by atoms with Gasteiger partial charge in [-0.1, -0.05) is 0 Å².